The molecule has 0 aromatic carbocycles. The predicted octanol–water partition coefficient (Wildman–Crippen LogP) is 2.89. The molecule has 2 fully saturated rings. The summed E-state index contributed by atoms with van der Waals surface area (Å²) < 4.78 is 0. The van der Waals surface area contributed by atoms with E-state index in [1.165, 1.54) is 77.7 Å². The van der Waals surface area contributed by atoms with E-state index in [0.29, 0.717) is 0 Å². The van der Waals surface area contributed by atoms with Crippen molar-refractivity contribution in [3.63, 3.8) is 0 Å². The van der Waals surface area contributed by atoms with Crippen molar-refractivity contribution in [2.45, 2.75) is 51.9 Å². The molecule has 2 rings (SSSR count). The molecule has 0 aromatic rings. The van der Waals surface area contributed by atoms with Crippen molar-refractivity contribution in [3.05, 3.63) is 0 Å². The van der Waals surface area contributed by atoms with Crippen LogP contribution in [0.4, 0.5) is 0 Å². The molecular formula is C15H30N2. The number of hydrogen-bond donors (Lipinski definition) is 1. The zero-order valence-electron chi connectivity index (χ0n) is 11.6. The van der Waals surface area contributed by atoms with E-state index in [4.69, 9.17) is 0 Å². The highest BCUT2D eigenvalue weighted by molar-refractivity contribution is 4.80. The van der Waals surface area contributed by atoms with Crippen molar-refractivity contribution in [1.82, 2.24) is 10.2 Å². The van der Waals surface area contributed by atoms with Gasteiger partial charge in [0, 0.05) is 19.6 Å². The third kappa shape index (κ3) is 4.59. The van der Waals surface area contributed by atoms with E-state index in [0.717, 1.165) is 11.8 Å². The molecule has 1 N–H and O–H groups in total. The highest BCUT2D eigenvalue weighted by atomic mass is 15.1. The Morgan fingerprint density at radius 2 is 1.76 bits per heavy atom. The average molecular weight is 238 g/mol. The van der Waals surface area contributed by atoms with Crippen LogP contribution < -0.4 is 5.32 Å². The molecule has 0 radical (unpaired) electrons. The molecule has 0 amide bonds. The third-order valence-corrected chi connectivity index (χ3v) is 4.56. The molecule has 0 aromatic heterocycles. The smallest absolute Gasteiger partial charge is 0.00340 e. The van der Waals surface area contributed by atoms with Crippen LogP contribution in [0.15, 0.2) is 0 Å². The Morgan fingerprint density at radius 1 is 1.00 bits per heavy atom. The summed E-state index contributed by atoms with van der Waals surface area (Å²) in [5.74, 6) is 2.00. The lowest BCUT2D eigenvalue weighted by atomic mass is 9.90. The summed E-state index contributed by atoms with van der Waals surface area (Å²) in [5.41, 5.74) is 0. The Morgan fingerprint density at radius 3 is 2.35 bits per heavy atom. The first-order valence-electron chi connectivity index (χ1n) is 7.81. The molecule has 0 bridgehead atoms. The maximum absolute atomic E-state index is 3.37. The lowest BCUT2D eigenvalue weighted by molar-refractivity contribution is 0.137. The molecular weight excluding hydrogens is 208 g/mol. The van der Waals surface area contributed by atoms with E-state index in [1.807, 2.05) is 0 Å². The van der Waals surface area contributed by atoms with E-state index in [-0.39, 0.29) is 0 Å². The van der Waals surface area contributed by atoms with Gasteiger partial charge in [-0.15, -0.1) is 0 Å². The second-order valence-corrected chi connectivity index (χ2v) is 6.12. The standard InChI is InChI=1S/C15H30N2/c1-2-3-4-5-6-14-7-9-17(10-8-14)13-15-11-16-12-15/h14-16H,2-13H2,1H3. The average Bonchev–Trinajstić information content (AvgIpc) is 2.31. The van der Waals surface area contributed by atoms with E-state index in [2.05, 4.69) is 17.1 Å². The molecule has 0 saturated carbocycles. The lowest BCUT2D eigenvalue weighted by Gasteiger charge is -2.37. The predicted molar refractivity (Wildman–Crippen MR) is 74.3 cm³/mol. The minimum atomic E-state index is 0.955. The molecule has 2 saturated heterocycles. The molecule has 0 aliphatic carbocycles. The van der Waals surface area contributed by atoms with Gasteiger partial charge in [-0.2, -0.15) is 0 Å². The molecule has 17 heavy (non-hydrogen) atoms. The van der Waals surface area contributed by atoms with Gasteiger partial charge >= 0.3 is 0 Å². The summed E-state index contributed by atoms with van der Waals surface area (Å²) in [5, 5.41) is 3.37. The number of nitrogens with one attached hydrogen (secondary N) is 1. The summed E-state index contributed by atoms with van der Waals surface area (Å²) >= 11 is 0. The van der Waals surface area contributed by atoms with Gasteiger partial charge in [0.1, 0.15) is 0 Å². The fourth-order valence-corrected chi connectivity index (χ4v) is 3.16. The van der Waals surface area contributed by atoms with Crippen LogP contribution in [0, 0.1) is 11.8 Å². The molecule has 2 aliphatic rings. The van der Waals surface area contributed by atoms with Crippen LogP contribution in [0.3, 0.4) is 0 Å². The third-order valence-electron chi connectivity index (χ3n) is 4.56. The summed E-state index contributed by atoms with van der Waals surface area (Å²) in [6.07, 6.45) is 10.2. The van der Waals surface area contributed by atoms with Crippen molar-refractivity contribution < 1.29 is 0 Å². The maximum Gasteiger partial charge on any atom is 0.00340 e. The molecule has 2 aliphatic heterocycles. The topological polar surface area (TPSA) is 15.3 Å². The summed E-state index contributed by atoms with van der Waals surface area (Å²) in [4.78, 5) is 2.70. The molecule has 2 heterocycles. The first kappa shape index (κ1) is 13.4. The Balaban J connectivity index is 1.51. The van der Waals surface area contributed by atoms with Gasteiger partial charge in [-0.05, 0) is 37.8 Å². The largest absolute Gasteiger partial charge is 0.316 e. The van der Waals surface area contributed by atoms with Crippen molar-refractivity contribution in [3.8, 4) is 0 Å². The molecule has 2 heteroatoms. The number of unbranched alkanes of at least 4 members (excludes halogenated alkanes) is 3. The van der Waals surface area contributed by atoms with Gasteiger partial charge in [-0.25, -0.2) is 0 Å². The van der Waals surface area contributed by atoms with Gasteiger partial charge in [0.2, 0.25) is 0 Å². The molecule has 0 unspecified atom stereocenters. The van der Waals surface area contributed by atoms with Crippen LogP contribution in [0.5, 0.6) is 0 Å². The number of rotatable bonds is 7. The van der Waals surface area contributed by atoms with Crippen molar-refractivity contribution in [1.29, 1.82) is 0 Å². The second-order valence-electron chi connectivity index (χ2n) is 6.12. The van der Waals surface area contributed by atoms with Gasteiger partial charge < -0.3 is 10.2 Å². The van der Waals surface area contributed by atoms with Crippen LogP contribution in [0.1, 0.15) is 51.9 Å². The first-order valence-corrected chi connectivity index (χ1v) is 7.81. The highest BCUT2D eigenvalue weighted by Gasteiger charge is 2.23. The van der Waals surface area contributed by atoms with Gasteiger partial charge in [0.05, 0.1) is 0 Å². The van der Waals surface area contributed by atoms with E-state index < -0.39 is 0 Å². The number of hydrogen-bond acceptors (Lipinski definition) is 2. The van der Waals surface area contributed by atoms with Crippen LogP contribution in [-0.2, 0) is 0 Å². The van der Waals surface area contributed by atoms with E-state index in [9.17, 15) is 0 Å². The van der Waals surface area contributed by atoms with Crippen LogP contribution in [0.25, 0.3) is 0 Å². The molecule has 2 nitrogen and oxygen atoms in total. The lowest BCUT2D eigenvalue weighted by Crippen LogP contribution is -2.49. The fraction of sp³-hybridized carbons (Fsp3) is 1.00. The zero-order chi connectivity index (χ0) is 11.9. The minimum Gasteiger partial charge on any atom is -0.316 e. The quantitative estimate of drug-likeness (QED) is 0.686. The molecule has 100 valence electrons. The Kier molecular flexibility index (Phi) is 5.79. The summed E-state index contributed by atoms with van der Waals surface area (Å²) in [6.45, 7) is 8.92. The highest BCUT2D eigenvalue weighted by Crippen LogP contribution is 2.24. The maximum atomic E-state index is 3.37. The Labute approximate surface area is 107 Å². The van der Waals surface area contributed by atoms with Gasteiger partial charge in [0.15, 0.2) is 0 Å². The van der Waals surface area contributed by atoms with Gasteiger partial charge in [0.25, 0.3) is 0 Å². The SMILES string of the molecule is CCCCCCC1CCN(CC2CNC2)CC1. The molecule has 0 atom stereocenters. The number of likely N-dealkylation sites (tertiary alicyclic amines) is 1. The van der Waals surface area contributed by atoms with E-state index >= 15 is 0 Å². The first-order chi connectivity index (χ1) is 8.38. The number of piperidine rings is 1. The summed E-state index contributed by atoms with van der Waals surface area (Å²) in [7, 11) is 0. The molecule has 0 spiro atoms. The minimum absolute atomic E-state index is 0.955. The Hall–Kier alpha value is -0.0800. The van der Waals surface area contributed by atoms with Crippen molar-refractivity contribution in [2.75, 3.05) is 32.7 Å². The van der Waals surface area contributed by atoms with Crippen LogP contribution in [0.2, 0.25) is 0 Å². The summed E-state index contributed by atoms with van der Waals surface area (Å²) in [6, 6.07) is 0. The van der Waals surface area contributed by atoms with E-state index in [1.54, 1.807) is 0 Å². The van der Waals surface area contributed by atoms with Crippen LogP contribution in [-0.4, -0.2) is 37.6 Å². The number of nitrogens with zero attached hydrogens (tertiary/aromatic N) is 1. The fourth-order valence-electron chi connectivity index (χ4n) is 3.16. The second kappa shape index (κ2) is 7.38. The van der Waals surface area contributed by atoms with Gasteiger partial charge in [-0.3, -0.25) is 0 Å². The van der Waals surface area contributed by atoms with Crippen molar-refractivity contribution in [2.24, 2.45) is 11.8 Å². The Bertz CT molecular complexity index is 193. The van der Waals surface area contributed by atoms with Crippen molar-refractivity contribution >= 4 is 0 Å². The van der Waals surface area contributed by atoms with Crippen LogP contribution >= 0.6 is 0 Å². The normalized spacial score (nSPS) is 23.8. The van der Waals surface area contributed by atoms with Gasteiger partial charge in [-0.1, -0.05) is 39.0 Å². The monoisotopic (exact) mass is 238 g/mol. The zero-order valence-corrected chi connectivity index (χ0v) is 11.6.